The van der Waals surface area contributed by atoms with Gasteiger partial charge in [0, 0.05) is 30.4 Å². The summed E-state index contributed by atoms with van der Waals surface area (Å²) < 4.78 is 5.75. The average molecular weight is 374 g/mol. The highest BCUT2D eigenvalue weighted by atomic mass is 16.6. The average Bonchev–Trinajstić information content (AvgIpc) is 2.96. The van der Waals surface area contributed by atoms with E-state index in [-0.39, 0.29) is 12.1 Å². The van der Waals surface area contributed by atoms with Gasteiger partial charge in [-0.2, -0.15) is 0 Å². The SMILES string of the molecule is CC(C)CN1CCC[C@@H]1c1cccnc1N(C(=O)OC(C)(C)C)C1CCC1. The van der Waals surface area contributed by atoms with Crippen LogP contribution >= 0.6 is 0 Å². The third-order valence-corrected chi connectivity index (χ3v) is 5.40. The molecular formula is C22H35N3O2. The predicted molar refractivity (Wildman–Crippen MR) is 109 cm³/mol. The van der Waals surface area contributed by atoms with Gasteiger partial charge in [-0.15, -0.1) is 0 Å². The Kier molecular flexibility index (Phi) is 6.09. The highest BCUT2D eigenvalue weighted by molar-refractivity contribution is 5.88. The summed E-state index contributed by atoms with van der Waals surface area (Å²) in [5, 5.41) is 0. The molecule has 0 N–H and O–H groups in total. The van der Waals surface area contributed by atoms with Gasteiger partial charge < -0.3 is 4.74 Å². The normalized spacial score (nSPS) is 21.3. The number of rotatable bonds is 5. The molecule has 1 atom stereocenters. The highest BCUT2D eigenvalue weighted by Crippen LogP contribution is 2.39. The molecule has 1 aliphatic carbocycles. The van der Waals surface area contributed by atoms with Crippen LogP contribution in [-0.2, 0) is 4.74 Å². The quantitative estimate of drug-likeness (QED) is 0.714. The van der Waals surface area contributed by atoms with E-state index in [1.807, 2.05) is 31.7 Å². The van der Waals surface area contributed by atoms with E-state index in [0.29, 0.717) is 12.0 Å². The molecule has 1 aliphatic heterocycles. The predicted octanol–water partition coefficient (Wildman–Crippen LogP) is 5.17. The summed E-state index contributed by atoms with van der Waals surface area (Å²) in [4.78, 5) is 22.2. The number of carbonyl (C=O) groups excluding carboxylic acids is 1. The Bertz CT molecular complexity index is 649. The zero-order valence-corrected chi connectivity index (χ0v) is 17.6. The molecule has 1 amide bonds. The van der Waals surface area contributed by atoms with Gasteiger partial charge >= 0.3 is 6.09 Å². The summed E-state index contributed by atoms with van der Waals surface area (Å²) in [5.41, 5.74) is 0.666. The minimum Gasteiger partial charge on any atom is -0.443 e. The van der Waals surface area contributed by atoms with Crippen LogP contribution in [0.15, 0.2) is 18.3 Å². The number of pyridine rings is 1. The number of hydrogen-bond acceptors (Lipinski definition) is 4. The number of hydrogen-bond donors (Lipinski definition) is 0. The van der Waals surface area contributed by atoms with Crippen LogP contribution in [0.2, 0.25) is 0 Å². The van der Waals surface area contributed by atoms with E-state index in [1.165, 1.54) is 12.0 Å². The van der Waals surface area contributed by atoms with E-state index < -0.39 is 5.60 Å². The Morgan fingerprint density at radius 2 is 2.04 bits per heavy atom. The Balaban J connectivity index is 1.93. The summed E-state index contributed by atoms with van der Waals surface area (Å²) in [6.45, 7) is 12.5. The molecule has 0 bridgehead atoms. The third kappa shape index (κ3) is 4.81. The summed E-state index contributed by atoms with van der Waals surface area (Å²) >= 11 is 0. The van der Waals surface area contributed by atoms with Crippen molar-refractivity contribution in [3.63, 3.8) is 0 Å². The number of nitrogens with zero attached hydrogens (tertiary/aromatic N) is 3. The Morgan fingerprint density at radius 3 is 2.63 bits per heavy atom. The van der Waals surface area contributed by atoms with Crippen molar-refractivity contribution < 1.29 is 9.53 Å². The van der Waals surface area contributed by atoms with Crippen LogP contribution in [0.5, 0.6) is 0 Å². The molecular weight excluding hydrogens is 338 g/mol. The molecule has 1 aromatic rings. The molecule has 2 heterocycles. The van der Waals surface area contributed by atoms with Gasteiger partial charge in [-0.3, -0.25) is 9.80 Å². The topological polar surface area (TPSA) is 45.7 Å². The molecule has 5 heteroatoms. The van der Waals surface area contributed by atoms with Crippen LogP contribution in [0.3, 0.4) is 0 Å². The molecule has 0 spiro atoms. The second-order valence-corrected chi connectivity index (χ2v) is 9.40. The highest BCUT2D eigenvalue weighted by Gasteiger charge is 2.37. The van der Waals surface area contributed by atoms with Crippen molar-refractivity contribution in [1.29, 1.82) is 0 Å². The fraction of sp³-hybridized carbons (Fsp3) is 0.727. The van der Waals surface area contributed by atoms with Crippen molar-refractivity contribution in [2.24, 2.45) is 5.92 Å². The van der Waals surface area contributed by atoms with Gasteiger partial charge in [0.2, 0.25) is 0 Å². The summed E-state index contributed by atoms with van der Waals surface area (Å²) in [6.07, 6.45) is 7.07. The van der Waals surface area contributed by atoms with Crippen LogP contribution in [-0.4, -0.2) is 40.7 Å². The molecule has 2 aliphatic rings. The number of aromatic nitrogens is 1. The minimum absolute atomic E-state index is 0.202. The molecule has 0 unspecified atom stereocenters. The maximum Gasteiger partial charge on any atom is 0.416 e. The molecule has 150 valence electrons. The molecule has 3 rings (SSSR count). The summed E-state index contributed by atoms with van der Waals surface area (Å²) in [6, 6.07) is 4.69. The molecule has 27 heavy (non-hydrogen) atoms. The van der Waals surface area contributed by atoms with Crippen LogP contribution in [0.1, 0.15) is 78.3 Å². The Morgan fingerprint density at radius 1 is 1.30 bits per heavy atom. The zero-order valence-electron chi connectivity index (χ0n) is 17.6. The van der Waals surface area contributed by atoms with Gasteiger partial charge in [-0.05, 0) is 71.4 Å². The zero-order chi connectivity index (χ0) is 19.6. The van der Waals surface area contributed by atoms with E-state index in [9.17, 15) is 4.79 Å². The summed E-state index contributed by atoms with van der Waals surface area (Å²) in [7, 11) is 0. The van der Waals surface area contributed by atoms with Crippen molar-refractivity contribution in [3.8, 4) is 0 Å². The molecule has 1 saturated heterocycles. The van der Waals surface area contributed by atoms with Crippen LogP contribution in [0, 0.1) is 5.92 Å². The van der Waals surface area contributed by atoms with E-state index in [2.05, 4.69) is 29.8 Å². The first kappa shape index (κ1) is 20.1. The van der Waals surface area contributed by atoms with Gasteiger partial charge in [0.05, 0.1) is 0 Å². The van der Waals surface area contributed by atoms with Gasteiger partial charge in [-0.25, -0.2) is 9.78 Å². The molecule has 2 fully saturated rings. The Hall–Kier alpha value is -1.62. The molecule has 0 radical (unpaired) electrons. The van der Waals surface area contributed by atoms with E-state index in [4.69, 9.17) is 4.74 Å². The van der Waals surface area contributed by atoms with E-state index >= 15 is 0 Å². The van der Waals surface area contributed by atoms with Crippen LogP contribution < -0.4 is 4.90 Å². The second-order valence-electron chi connectivity index (χ2n) is 9.40. The van der Waals surface area contributed by atoms with Crippen molar-refractivity contribution >= 4 is 11.9 Å². The molecule has 1 aromatic heterocycles. The molecule has 5 nitrogen and oxygen atoms in total. The number of amides is 1. The van der Waals surface area contributed by atoms with Crippen molar-refractivity contribution in [1.82, 2.24) is 9.88 Å². The largest absolute Gasteiger partial charge is 0.443 e. The van der Waals surface area contributed by atoms with E-state index in [0.717, 1.165) is 44.6 Å². The van der Waals surface area contributed by atoms with E-state index in [1.54, 1.807) is 6.20 Å². The lowest BCUT2D eigenvalue weighted by Crippen LogP contribution is -2.48. The number of ether oxygens (including phenoxy) is 1. The van der Waals surface area contributed by atoms with Crippen LogP contribution in [0.4, 0.5) is 10.6 Å². The Labute approximate surface area is 164 Å². The maximum atomic E-state index is 13.1. The van der Waals surface area contributed by atoms with Crippen molar-refractivity contribution in [3.05, 3.63) is 23.9 Å². The fourth-order valence-corrected chi connectivity index (χ4v) is 4.10. The second kappa shape index (κ2) is 8.17. The lowest BCUT2D eigenvalue weighted by atomic mass is 9.91. The number of anilines is 1. The first-order chi connectivity index (χ1) is 12.8. The minimum atomic E-state index is -0.509. The number of likely N-dealkylation sites (tertiary alicyclic amines) is 1. The number of carbonyl (C=O) groups is 1. The fourth-order valence-electron chi connectivity index (χ4n) is 4.10. The van der Waals surface area contributed by atoms with Crippen molar-refractivity contribution in [2.75, 3.05) is 18.0 Å². The lowest BCUT2D eigenvalue weighted by molar-refractivity contribution is 0.0547. The van der Waals surface area contributed by atoms with Gasteiger partial charge in [0.1, 0.15) is 11.4 Å². The maximum absolute atomic E-state index is 13.1. The standard InChI is InChI=1S/C22H35N3O2/c1-16(2)15-24-14-8-12-19(24)18-11-7-13-23-20(18)25(17-9-6-10-17)21(26)27-22(3,4)5/h7,11,13,16-17,19H,6,8-10,12,14-15H2,1-5H3/t19-/m1/s1. The lowest BCUT2D eigenvalue weighted by Gasteiger charge is -2.39. The van der Waals surface area contributed by atoms with Gasteiger partial charge in [-0.1, -0.05) is 19.9 Å². The monoisotopic (exact) mass is 373 g/mol. The van der Waals surface area contributed by atoms with Crippen LogP contribution in [0.25, 0.3) is 0 Å². The first-order valence-corrected chi connectivity index (χ1v) is 10.5. The van der Waals surface area contributed by atoms with Gasteiger partial charge in [0.25, 0.3) is 0 Å². The van der Waals surface area contributed by atoms with Gasteiger partial charge in [0.15, 0.2) is 0 Å². The first-order valence-electron chi connectivity index (χ1n) is 10.5. The molecule has 1 saturated carbocycles. The summed E-state index contributed by atoms with van der Waals surface area (Å²) in [5.74, 6) is 1.43. The smallest absolute Gasteiger partial charge is 0.416 e. The third-order valence-electron chi connectivity index (χ3n) is 5.40. The molecule has 0 aromatic carbocycles. The van der Waals surface area contributed by atoms with Crippen molar-refractivity contribution in [2.45, 2.75) is 84.4 Å².